The highest BCUT2D eigenvalue weighted by Crippen LogP contribution is 2.22. The molecule has 0 aromatic heterocycles. The summed E-state index contributed by atoms with van der Waals surface area (Å²) in [6.07, 6.45) is 0. The first-order valence-electron chi connectivity index (χ1n) is 5.66. The van der Waals surface area contributed by atoms with Gasteiger partial charge in [-0.3, -0.25) is 0 Å². The Kier molecular flexibility index (Phi) is 6.58. The summed E-state index contributed by atoms with van der Waals surface area (Å²) in [4.78, 5) is 0. The van der Waals surface area contributed by atoms with Crippen molar-refractivity contribution in [3.63, 3.8) is 0 Å². The molecule has 6 nitrogen and oxygen atoms in total. The Morgan fingerprint density at radius 1 is 1.20 bits per heavy atom. The van der Waals surface area contributed by atoms with Crippen molar-refractivity contribution in [1.29, 1.82) is 5.26 Å². The molecule has 0 saturated carbocycles. The summed E-state index contributed by atoms with van der Waals surface area (Å²) in [5.74, 6) is 0.759. The van der Waals surface area contributed by atoms with Gasteiger partial charge in [-0.25, -0.2) is 8.42 Å². The van der Waals surface area contributed by atoms with E-state index in [2.05, 4.69) is 0 Å². The van der Waals surface area contributed by atoms with E-state index in [-0.39, 0.29) is 25.6 Å². The van der Waals surface area contributed by atoms with Gasteiger partial charge in [-0.1, -0.05) is 0 Å². The molecular formula is C12H14ClNO5S. The fourth-order valence-electron chi connectivity index (χ4n) is 1.32. The number of hydrogen-bond donors (Lipinski definition) is 0. The van der Waals surface area contributed by atoms with Gasteiger partial charge in [-0.15, -0.1) is 0 Å². The number of nitrogens with zero attached hydrogens (tertiary/aromatic N) is 1. The third kappa shape index (κ3) is 6.61. The van der Waals surface area contributed by atoms with Gasteiger partial charge in [-0.05, 0) is 12.1 Å². The molecule has 0 spiro atoms. The molecule has 0 aliphatic heterocycles. The summed E-state index contributed by atoms with van der Waals surface area (Å²) >= 11 is 0. The highest BCUT2D eigenvalue weighted by molar-refractivity contribution is 8.13. The zero-order valence-corrected chi connectivity index (χ0v) is 12.4. The standard InChI is InChI=1S/C12H14ClNO5S/c1-17-11-6-10(9-14)7-12(8-11)19-3-2-18-4-5-20(13,15)16/h6-8H,2-5H2,1H3. The zero-order chi connectivity index (χ0) is 15.0. The van der Waals surface area contributed by atoms with Gasteiger partial charge < -0.3 is 14.2 Å². The molecule has 0 bridgehead atoms. The fraction of sp³-hybridized carbons (Fsp3) is 0.417. The molecule has 1 rings (SSSR count). The molecule has 110 valence electrons. The highest BCUT2D eigenvalue weighted by atomic mass is 35.7. The average molecular weight is 320 g/mol. The van der Waals surface area contributed by atoms with E-state index < -0.39 is 9.05 Å². The van der Waals surface area contributed by atoms with Gasteiger partial charge in [0.1, 0.15) is 18.1 Å². The zero-order valence-electron chi connectivity index (χ0n) is 10.8. The lowest BCUT2D eigenvalue weighted by Crippen LogP contribution is -2.12. The third-order valence-corrected chi connectivity index (χ3v) is 3.33. The second-order valence-corrected chi connectivity index (χ2v) is 6.61. The minimum Gasteiger partial charge on any atom is -0.497 e. The molecule has 0 fully saturated rings. The lowest BCUT2D eigenvalue weighted by atomic mass is 10.2. The fourth-order valence-corrected chi connectivity index (χ4v) is 1.82. The predicted molar refractivity (Wildman–Crippen MR) is 73.7 cm³/mol. The Balaban J connectivity index is 2.37. The number of hydrogen-bond acceptors (Lipinski definition) is 6. The van der Waals surface area contributed by atoms with Crippen LogP contribution in [0, 0.1) is 11.3 Å². The largest absolute Gasteiger partial charge is 0.497 e. The summed E-state index contributed by atoms with van der Waals surface area (Å²) in [6, 6.07) is 6.81. The molecule has 0 unspecified atom stereocenters. The molecule has 0 radical (unpaired) electrons. The van der Waals surface area contributed by atoms with Crippen molar-refractivity contribution in [2.24, 2.45) is 0 Å². The van der Waals surface area contributed by atoms with Crippen LogP contribution in [0.3, 0.4) is 0 Å². The van der Waals surface area contributed by atoms with Crippen LogP contribution < -0.4 is 9.47 Å². The SMILES string of the molecule is COc1cc(C#N)cc(OCCOCCS(=O)(=O)Cl)c1. The van der Waals surface area contributed by atoms with E-state index >= 15 is 0 Å². The molecule has 8 heteroatoms. The summed E-state index contributed by atoms with van der Waals surface area (Å²) in [5.41, 5.74) is 0.425. The second-order valence-electron chi connectivity index (χ2n) is 3.71. The number of nitriles is 1. The molecule has 20 heavy (non-hydrogen) atoms. The van der Waals surface area contributed by atoms with Crippen molar-refractivity contribution < 1.29 is 22.6 Å². The van der Waals surface area contributed by atoms with Crippen molar-refractivity contribution in [2.45, 2.75) is 0 Å². The minimum absolute atomic E-state index is 0.0107. The maximum atomic E-state index is 10.6. The van der Waals surface area contributed by atoms with Crippen LogP contribution in [-0.4, -0.2) is 41.1 Å². The van der Waals surface area contributed by atoms with E-state index in [4.69, 9.17) is 30.2 Å². The Bertz CT molecular complexity index is 582. The highest BCUT2D eigenvalue weighted by Gasteiger charge is 2.05. The first-order chi connectivity index (χ1) is 9.44. The van der Waals surface area contributed by atoms with E-state index in [0.29, 0.717) is 17.1 Å². The maximum absolute atomic E-state index is 10.6. The molecule has 0 amide bonds. The van der Waals surface area contributed by atoms with Gasteiger partial charge in [0.05, 0.1) is 37.7 Å². The smallest absolute Gasteiger partial charge is 0.234 e. The molecule has 0 heterocycles. The lowest BCUT2D eigenvalue weighted by molar-refractivity contribution is 0.111. The first kappa shape index (κ1) is 16.6. The molecule has 0 aliphatic rings. The third-order valence-electron chi connectivity index (χ3n) is 2.21. The summed E-state index contributed by atoms with van der Waals surface area (Å²) < 4.78 is 36.8. The molecule has 0 atom stereocenters. The van der Waals surface area contributed by atoms with Crippen LogP contribution in [-0.2, 0) is 13.8 Å². The van der Waals surface area contributed by atoms with Crippen LogP contribution in [0.15, 0.2) is 18.2 Å². The topological polar surface area (TPSA) is 85.6 Å². The quantitative estimate of drug-likeness (QED) is 0.533. The number of rotatable bonds is 8. The monoisotopic (exact) mass is 319 g/mol. The maximum Gasteiger partial charge on any atom is 0.234 e. The van der Waals surface area contributed by atoms with Crippen molar-refractivity contribution in [2.75, 3.05) is 32.7 Å². The van der Waals surface area contributed by atoms with Gasteiger partial charge in [0.2, 0.25) is 9.05 Å². The number of benzene rings is 1. The molecule has 0 aliphatic carbocycles. The van der Waals surface area contributed by atoms with Gasteiger partial charge >= 0.3 is 0 Å². The predicted octanol–water partition coefficient (Wildman–Crippen LogP) is 1.53. The summed E-state index contributed by atoms with van der Waals surface area (Å²) in [7, 11) is 2.99. The Labute approximate surface area is 122 Å². The molecular weight excluding hydrogens is 306 g/mol. The van der Waals surface area contributed by atoms with E-state index in [0.717, 1.165) is 0 Å². The molecule has 1 aromatic carbocycles. The van der Waals surface area contributed by atoms with Gasteiger partial charge in [0.25, 0.3) is 0 Å². The van der Waals surface area contributed by atoms with Gasteiger partial charge in [0.15, 0.2) is 0 Å². The van der Waals surface area contributed by atoms with E-state index in [1.807, 2.05) is 6.07 Å². The second kappa shape index (κ2) is 7.94. The Hall–Kier alpha value is -1.49. The van der Waals surface area contributed by atoms with Crippen LogP contribution in [0.1, 0.15) is 5.56 Å². The molecule has 0 N–H and O–H groups in total. The Morgan fingerprint density at radius 3 is 2.50 bits per heavy atom. The van der Waals surface area contributed by atoms with Gasteiger partial charge in [0, 0.05) is 16.7 Å². The Morgan fingerprint density at radius 2 is 1.90 bits per heavy atom. The summed E-state index contributed by atoms with van der Waals surface area (Å²) in [6.45, 7) is 0.447. The van der Waals surface area contributed by atoms with Crippen molar-refractivity contribution >= 4 is 19.7 Å². The normalized spacial score (nSPS) is 10.8. The van der Waals surface area contributed by atoms with Crippen LogP contribution in [0.25, 0.3) is 0 Å². The van der Waals surface area contributed by atoms with Crippen LogP contribution in [0.5, 0.6) is 11.5 Å². The summed E-state index contributed by atoms with van der Waals surface area (Å²) in [5, 5.41) is 8.84. The van der Waals surface area contributed by atoms with Crippen molar-refractivity contribution in [1.82, 2.24) is 0 Å². The van der Waals surface area contributed by atoms with Gasteiger partial charge in [-0.2, -0.15) is 5.26 Å². The average Bonchev–Trinajstić information content (AvgIpc) is 2.41. The van der Waals surface area contributed by atoms with E-state index in [1.54, 1.807) is 18.2 Å². The van der Waals surface area contributed by atoms with Crippen LogP contribution in [0.4, 0.5) is 0 Å². The van der Waals surface area contributed by atoms with Crippen molar-refractivity contribution in [3.8, 4) is 17.6 Å². The van der Waals surface area contributed by atoms with Crippen LogP contribution in [0.2, 0.25) is 0 Å². The number of ether oxygens (including phenoxy) is 3. The first-order valence-corrected chi connectivity index (χ1v) is 8.14. The lowest BCUT2D eigenvalue weighted by Gasteiger charge is -2.08. The minimum atomic E-state index is -3.53. The molecule has 1 aromatic rings. The van der Waals surface area contributed by atoms with Crippen molar-refractivity contribution in [3.05, 3.63) is 23.8 Å². The molecule has 0 saturated heterocycles. The number of methoxy groups -OCH3 is 1. The number of halogens is 1. The van der Waals surface area contributed by atoms with Crippen LogP contribution >= 0.6 is 10.7 Å². The van der Waals surface area contributed by atoms with E-state index in [1.165, 1.54) is 7.11 Å². The van der Waals surface area contributed by atoms with E-state index in [9.17, 15) is 8.42 Å².